The van der Waals surface area contributed by atoms with Gasteiger partial charge in [0.1, 0.15) is 0 Å². The summed E-state index contributed by atoms with van der Waals surface area (Å²) in [7, 11) is -3.15. The number of hydrogen-bond donors (Lipinski definition) is 2. The first-order valence-corrected chi connectivity index (χ1v) is 8.25. The second kappa shape index (κ2) is 5.48. The molecule has 3 N–H and O–H groups in total. The number of sulfone groups is 1. The fourth-order valence-electron chi connectivity index (χ4n) is 2.22. The first kappa shape index (κ1) is 14.3. The Morgan fingerprint density at radius 2 is 2.00 bits per heavy atom. The van der Waals surface area contributed by atoms with Crippen molar-refractivity contribution in [2.24, 2.45) is 5.73 Å². The van der Waals surface area contributed by atoms with Crippen molar-refractivity contribution in [3.8, 4) is 0 Å². The molecule has 3 atom stereocenters. The summed E-state index contributed by atoms with van der Waals surface area (Å²) in [6.07, 6.45) is 2.18. The van der Waals surface area contributed by atoms with Crippen molar-refractivity contribution in [2.75, 3.05) is 18.2 Å². The van der Waals surface area contributed by atoms with Gasteiger partial charge in [-0.3, -0.25) is 0 Å². The Morgan fingerprint density at radius 1 is 1.37 bits per heavy atom. The fraction of sp³-hybridized carbons (Fsp3) is 0.538. The van der Waals surface area contributed by atoms with Crippen molar-refractivity contribution in [3.05, 3.63) is 24.3 Å². The molecule has 2 rings (SSSR count). The van der Waals surface area contributed by atoms with E-state index < -0.39 is 9.84 Å². The molecule has 0 saturated heterocycles. The quantitative estimate of drug-likeness (QED) is 0.843. The van der Waals surface area contributed by atoms with Crippen LogP contribution in [0, 0.1) is 0 Å². The SMILES string of the molecule is CCOC1CC(N)C1Nc1ccc(S(C)(=O)=O)cc1. The molecular weight excluding hydrogens is 264 g/mol. The number of hydrogen-bond acceptors (Lipinski definition) is 5. The number of rotatable bonds is 5. The zero-order chi connectivity index (χ0) is 14.0. The first-order chi connectivity index (χ1) is 8.91. The van der Waals surface area contributed by atoms with Crippen LogP contribution < -0.4 is 11.1 Å². The maximum Gasteiger partial charge on any atom is 0.175 e. The van der Waals surface area contributed by atoms with Gasteiger partial charge in [0.15, 0.2) is 9.84 Å². The van der Waals surface area contributed by atoms with Gasteiger partial charge in [0.2, 0.25) is 0 Å². The summed E-state index contributed by atoms with van der Waals surface area (Å²) < 4.78 is 28.3. The normalized spacial score (nSPS) is 26.8. The highest BCUT2D eigenvalue weighted by molar-refractivity contribution is 7.90. The molecule has 0 aromatic heterocycles. The highest BCUT2D eigenvalue weighted by Gasteiger charge is 2.39. The molecule has 0 bridgehead atoms. The average Bonchev–Trinajstić information content (AvgIpc) is 2.35. The van der Waals surface area contributed by atoms with E-state index in [0.29, 0.717) is 11.5 Å². The highest BCUT2D eigenvalue weighted by Crippen LogP contribution is 2.26. The van der Waals surface area contributed by atoms with Gasteiger partial charge in [-0.2, -0.15) is 0 Å². The van der Waals surface area contributed by atoms with E-state index in [0.717, 1.165) is 12.1 Å². The number of anilines is 1. The van der Waals surface area contributed by atoms with E-state index in [1.165, 1.54) is 6.26 Å². The fourth-order valence-corrected chi connectivity index (χ4v) is 2.85. The number of benzene rings is 1. The van der Waals surface area contributed by atoms with Gasteiger partial charge in [-0.15, -0.1) is 0 Å². The Labute approximate surface area is 114 Å². The summed E-state index contributed by atoms with van der Waals surface area (Å²) in [5.74, 6) is 0. The maximum absolute atomic E-state index is 11.4. The number of nitrogens with two attached hydrogens (primary N) is 1. The average molecular weight is 284 g/mol. The first-order valence-electron chi connectivity index (χ1n) is 6.35. The molecule has 106 valence electrons. The summed E-state index contributed by atoms with van der Waals surface area (Å²) in [6.45, 7) is 2.63. The Morgan fingerprint density at radius 3 is 2.47 bits per heavy atom. The van der Waals surface area contributed by atoms with Gasteiger partial charge >= 0.3 is 0 Å². The van der Waals surface area contributed by atoms with E-state index >= 15 is 0 Å². The van der Waals surface area contributed by atoms with E-state index in [2.05, 4.69) is 5.32 Å². The zero-order valence-corrected chi connectivity index (χ0v) is 12.0. The van der Waals surface area contributed by atoms with Gasteiger partial charge in [-0.1, -0.05) is 0 Å². The van der Waals surface area contributed by atoms with Crippen LogP contribution in [-0.4, -0.2) is 39.5 Å². The second-order valence-corrected chi connectivity index (χ2v) is 6.88. The van der Waals surface area contributed by atoms with Crippen LogP contribution in [0.15, 0.2) is 29.2 Å². The predicted molar refractivity (Wildman–Crippen MR) is 75.0 cm³/mol. The van der Waals surface area contributed by atoms with Crippen molar-refractivity contribution in [1.29, 1.82) is 0 Å². The van der Waals surface area contributed by atoms with E-state index in [9.17, 15) is 8.42 Å². The van der Waals surface area contributed by atoms with Gasteiger partial charge in [-0.25, -0.2) is 8.42 Å². The van der Waals surface area contributed by atoms with E-state index in [-0.39, 0.29) is 18.2 Å². The number of ether oxygens (including phenoxy) is 1. The van der Waals surface area contributed by atoms with Gasteiger partial charge in [0.25, 0.3) is 0 Å². The van der Waals surface area contributed by atoms with Crippen LogP contribution in [0.25, 0.3) is 0 Å². The topological polar surface area (TPSA) is 81.4 Å². The predicted octanol–water partition coefficient (Wildman–Crippen LogP) is 1.01. The van der Waals surface area contributed by atoms with Gasteiger partial charge in [0, 0.05) is 24.6 Å². The molecule has 1 aromatic rings. The van der Waals surface area contributed by atoms with Gasteiger partial charge in [0.05, 0.1) is 17.0 Å². The minimum absolute atomic E-state index is 0.0751. The molecule has 0 spiro atoms. The molecule has 0 amide bonds. The third kappa shape index (κ3) is 3.26. The molecule has 0 aliphatic heterocycles. The van der Waals surface area contributed by atoms with Crippen LogP contribution in [0.5, 0.6) is 0 Å². The molecule has 6 heteroatoms. The smallest absolute Gasteiger partial charge is 0.175 e. The molecule has 0 heterocycles. The van der Waals surface area contributed by atoms with Crippen LogP contribution in [0.3, 0.4) is 0 Å². The van der Waals surface area contributed by atoms with Gasteiger partial charge in [-0.05, 0) is 37.6 Å². The second-order valence-electron chi connectivity index (χ2n) is 4.86. The van der Waals surface area contributed by atoms with Crippen LogP contribution in [-0.2, 0) is 14.6 Å². The summed E-state index contributed by atoms with van der Waals surface area (Å²) in [4.78, 5) is 0.317. The summed E-state index contributed by atoms with van der Waals surface area (Å²) in [5.41, 5.74) is 6.81. The standard InChI is InChI=1S/C13H20N2O3S/c1-3-18-12-8-11(14)13(12)15-9-4-6-10(7-5-9)19(2,16)17/h4-7,11-13,15H,3,8,14H2,1-2H3. The van der Waals surface area contributed by atoms with Crippen molar-refractivity contribution >= 4 is 15.5 Å². The third-order valence-corrected chi connectivity index (χ3v) is 4.49. The molecule has 3 unspecified atom stereocenters. The minimum Gasteiger partial charge on any atom is -0.378 e. The number of nitrogens with one attached hydrogen (secondary N) is 1. The Bertz CT molecular complexity index is 525. The Balaban J connectivity index is 2.03. The Kier molecular flexibility index (Phi) is 4.13. The lowest BCUT2D eigenvalue weighted by molar-refractivity contribution is -0.0126. The zero-order valence-electron chi connectivity index (χ0n) is 11.2. The van der Waals surface area contributed by atoms with Crippen LogP contribution in [0.2, 0.25) is 0 Å². The molecule has 1 aromatic carbocycles. The summed E-state index contributed by atoms with van der Waals surface area (Å²) >= 11 is 0. The summed E-state index contributed by atoms with van der Waals surface area (Å²) in [5, 5.41) is 3.30. The van der Waals surface area contributed by atoms with E-state index in [1.807, 2.05) is 6.92 Å². The molecule has 1 fully saturated rings. The van der Waals surface area contributed by atoms with Crippen LogP contribution in [0.1, 0.15) is 13.3 Å². The lowest BCUT2D eigenvalue weighted by Gasteiger charge is -2.43. The lowest BCUT2D eigenvalue weighted by atomic mass is 9.83. The molecule has 0 radical (unpaired) electrons. The minimum atomic E-state index is -3.15. The maximum atomic E-state index is 11.4. The molecule has 1 aliphatic rings. The van der Waals surface area contributed by atoms with Crippen molar-refractivity contribution < 1.29 is 13.2 Å². The molecule has 5 nitrogen and oxygen atoms in total. The van der Waals surface area contributed by atoms with E-state index in [1.54, 1.807) is 24.3 Å². The highest BCUT2D eigenvalue weighted by atomic mass is 32.2. The lowest BCUT2D eigenvalue weighted by Crippen LogP contribution is -2.60. The molecule has 1 saturated carbocycles. The Hall–Kier alpha value is -1.11. The van der Waals surface area contributed by atoms with Crippen molar-refractivity contribution in [2.45, 2.75) is 36.4 Å². The molecule has 19 heavy (non-hydrogen) atoms. The third-order valence-electron chi connectivity index (χ3n) is 3.36. The van der Waals surface area contributed by atoms with Crippen molar-refractivity contribution in [3.63, 3.8) is 0 Å². The molecular formula is C13H20N2O3S. The monoisotopic (exact) mass is 284 g/mol. The van der Waals surface area contributed by atoms with Crippen LogP contribution in [0.4, 0.5) is 5.69 Å². The van der Waals surface area contributed by atoms with Gasteiger partial charge < -0.3 is 15.8 Å². The largest absolute Gasteiger partial charge is 0.378 e. The van der Waals surface area contributed by atoms with Crippen molar-refractivity contribution in [1.82, 2.24) is 0 Å². The molecule has 1 aliphatic carbocycles. The van der Waals surface area contributed by atoms with E-state index in [4.69, 9.17) is 10.5 Å². The summed E-state index contributed by atoms with van der Waals surface area (Å²) in [6, 6.07) is 6.86. The van der Waals surface area contributed by atoms with Crippen LogP contribution >= 0.6 is 0 Å².